The molecule has 0 heterocycles. The van der Waals surface area contributed by atoms with Crippen LogP contribution < -0.4 is 11.1 Å². The van der Waals surface area contributed by atoms with Crippen LogP contribution in [0.4, 0.5) is 5.69 Å². The standard InChI is InChI=1S/C12H17ClN2O/c1-9(16)15-12-8-11(13)6-5-10(12)4-2-3-7-14/h5-6,8H,2-4,7,14H2,1H3,(H,15,16). The summed E-state index contributed by atoms with van der Waals surface area (Å²) in [4.78, 5) is 11.0. The third-order valence-corrected chi connectivity index (χ3v) is 2.52. The van der Waals surface area contributed by atoms with E-state index in [2.05, 4.69) is 5.32 Å². The fraction of sp³-hybridized carbons (Fsp3) is 0.417. The van der Waals surface area contributed by atoms with Crippen LogP contribution in [0.5, 0.6) is 0 Å². The normalized spacial score (nSPS) is 10.2. The van der Waals surface area contributed by atoms with Crippen LogP contribution in [0, 0.1) is 0 Å². The van der Waals surface area contributed by atoms with E-state index in [1.54, 1.807) is 6.07 Å². The van der Waals surface area contributed by atoms with Crippen molar-refractivity contribution in [3.05, 3.63) is 28.8 Å². The maximum atomic E-state index is 11.0. The van der Waals surface area contributed by atoms with E-state index < -0.39 is 0 Å². The lowest BCUT2D eigenvalue weighted by atomic mass is 10.1. The topological polar surface area (TPSA) is 55.1 Å². The Balaban J connectivity index is 2.76. The highest BCUT2D eigenvalue weighted by Crippen LogP contribution is 2.22. The molecule has 3 nitrogen and oxygen atoms in total. The first-order valence-electron chi connectivity index (χ1n) is 5.39. The van der Waals surface area contributed by atoms with Crippen LogP contribution in [-0.2, 0) is 11.2 Å². The lowest BCUT2D eigenvalue weighted by molar-refractivity contribution is -0.114. The monoisotopic (exact) mass is 240 g/mol. The van der Waals surface area contributed by atoms with Crippen molar-refractivity contribution in [2.24, 2.45) is 5.73 Å². The summed E-state index contributed by atoms with van der Waals surface area (Å²) in [7, 11) is 0. The van der Waals surface area contributed by atoms with E-state index in [-0.39, 0.29) is 5.91 Å². The largest absolute Gasteiger partial charge is 0.330 e. The molecule has 3 N–H and O–H groups in total. The van der Waals surface area contributed by atoms with Crippen LogP contribution in [0.2, 0.25) is 5.02 Å². The van der Waals surface area contributed by atoms with E-state index in [1.165, 1.54) is 6.92 Å². The van der Waals surface area contributed by atoms with E-state index >= 15 is 0 Å². The number of carbonyl (C=O) groups is 1. The Bertz CT molecular complexity index is 366. The molecule has 88 valence electrons. The Kier molecular flexibility index (Phi) is 5.29. The zero-order chi connectivity index (χ0) is 12.0. The van der Waals surface area contributed by atoms with Gasteiger partial charge < -0.3 is 11.1 Å². The number of nitrogens with two attached hydrogens (primary N) is 1. The zero-order valence-electron chi connectivity index (χ0n) is 9.42. The molecular formula is C12H17ClN2O. The van der Waals surface area contributed by atoms with Gasteiger partial charge in [-0.25, -0.2) is 0 Å². The predicted molar refractivity (Wildman–Crippen MR) is 67.7 cm³/mol. The number of carbonyl (C=O) groups excluding carboxylic acids is 1. The highest BCUT2D eigenvalue weighted by molar-refractivity contribution is 6.31. The average molecular weight is 241 g/mol. The molecule has 1 aromatic rings. The SMILES string of the molecule is CC(=O)Nc1cc(Cl)ccc1CCCCN. The van der Waals surface area contributed by atoms with E-state index in [0.29, 0.717) is 11.6 Å². The first kappa shape index (κ1) is 13.0. The Morgan fingerprint density at radius 2 is 2.19 bits per heavy atom. The van der Waals surface area contributed by atoms with Crippen molar-refractivity contribution in [2.45, 2.75) is 26.2 Å². The number of rotatable bonds is 5. The summed E-state index contributed by atoms with van der Waals surface area (Å²) in [5.41, 5.74) is 7.35. The fourth-order valence-electron chi connectivity index (χ4n) is 1.53. The molecule has 0 aliphatic heterocycles. The maximum Gasteiger partial charge on any atom is 0.221 e. The quantitative estimate of drug-likeness (QED) is 0.778. The van der Waals surface area contributed by atoms with Crippen molar-refractivity contribution in [1.82, 2.24) is 0 Å². The minimum absolute atomic E-state index is 0.0812. The Morgan fingerprint density at radius 1 is 1.44 bits per heavy atom. The number of aryl methyl sites for hydroxylation is 1. The van der Waals surface area contributed by atoms with E-state index in [1.807, 2.05) is 12.1 Å². The zero-order valence-corrected chi connectivity index (χ0v) is 10.2. The summed E-state index contributed by atoms with van der Waals surface area (Å²) in [6.07, 6.45) is 2.91. The van der Waals surface area contributed by atoms with Crippen molar-refractivity contribution in [3.63, 3.8) is 0 Å². The van der Waals surface area contributed by atoms with Gasteiger partial charge in [0, 0.05) is 17.6 Å². The Labute approximate surface area is 101 Å². The third kappa shape index (κ3) is 4.21. The summed E-state index contributed by atoms with van der Waals surface area (Å²) < 4.78 is 0. The summed E-state index contributed by atoms with van der Waals surface area (Å²) >= 11 is 5.89. The van der Waals surface area contributed by atoms with E-state index in [4.69, 9.17) is 17.3 Å². The minimum Gasteiger partial charge on any atom is -0.330 e. The van der Waals surface area contributed by atoms with Gasteiger partial charge in [0.05, 0.1) is 0 Å². The van der Waals surface area contributed by atoms with Gasteiger partial charge >= 0.3 is 0 Å². The molecule has 4 heteroatoms. The van der Waals surface area contributed by atoms with Crippen LogP contribution in [-0.4, -0.2) is 12.5 Å². The highest BCUT2D eigenvalue weighted by Gasteiger charge is 2.04. The van der Waals surface area contributed by atoms with Crippen molar-refractivity contribution < 1.29 is 4.79 Å². The highest BCUT2D eigenvalue weighted by atomic mass is 35.5. The summed E-state index contributed by atoms with van der Waals surface area (Å²) in [5, 5.41) is 3.42. The minimum atomic E-state index is -0.0812. The predicted octanol–water partition coefficient (Wildman–Crippen LogP) is 2.58. The van der Waals surface area contributed by atoms with Crippen LogP contribution in [0.15, 0.2) is 18.2 Å². The van der Waals surface area contributed by atoms with Crippen molar-refractivity contribution in [3.8, 4) is 0 Å². The Morgan fingerprint density at radius 3 is 2.81 bits per heavy atom. The van der Waals surface area contributed by atoms with Gasteiger partial charge in [-0.1, -0.05) is 17.7 Å². The molecule has 0 saturated heterocycles. The summed E-state index contributed by atoms with van der Waals surface area (Å²) in [5.74, 6) is -0.0812. The summed E-state index contributed by atoms with van der Waals surface area (Å²) in [6.45, 7) is 2.19. The molecule has 0 atom stereocenters. The second kappa shape index (κ2) is 6.51. The first-order valence-corrected chi connectivity index (χ1v) is 5.77. The van der Waals surface area contributed by atoms with Crippen molar-refractivity contribution in [1.29, 1.82) is 0 Å². The van der Waals surface area contributed by atoms with Gasteiger partial charge in [-0.3, -0.25) is 4.79 Å². The van der Waals surface area contributed by atoms with Gasteiger partial charge in [-0.05, 0) is 43.5 Å². The lowest BCUT2D eigenvalue weighted by Gasteiger charge is -2.10. The molecule has 0 fully saturated rings. The number of amides is 1. The van der Waals surface area contributed by atoms with E-state index in [0.717, 1.165) is 30.5 Å². The third-order valence-electron chi connectivity index (χ3n) is 2.28. The van der Waals surface area contributed by atoms with Gasteiger partial charge in [0.15, 0.2) is 0 Å². The lowest BCUT2D eigenvalue weighted by Crippen LogP contribution is -2.08. The van der Waals surface area contributed by atoms with Crippen LogP contribution in [0.3, 0.4) is 0 Å². The second-order valence-electron chi connectivity index (χ2n) is 3.73. The number of nitrogens with one attached hydrogen (secondary N) is 1. The number of hydrogen-bond donors (Lipinski definition) is 2. The number of hydrogen-bond acceptors (Lipinski definition) is 2. The smallest absolute Gasteiger partial charge is 0.221 e. The van der Waals surface area contributed by atoms with Crippen molar-refractivity contribution >= 4 is 23.2 Å². The average Bonchev–Trinajstić information content (AvgIpc) is 2.20. The maximum absolute atomic E-state index is 11.0. The van der Waals surface area contributed by atoms with Gasteiger partial charge in [0.25, 0.3) is 0 Å². The van der Waals surface area contributed by atoms with Crippen LogP contribution in [0.1, 0.15) is 25.3 Å². The fourth-order valence-corrected chi connectivity index (χ4v) is 1.70. The molecule has 0 spiro atoms. The van der Waals surface area contributed by atoms with Gasteiger partial charge in [0.2, 0.25) is 5.91 Å². The van der Waals surface area contributed by atoms with Crippen LogP contribution >= 0.6 is 11.6 Å². The molecular weight excluding hydrogens is 224 g/mol. The summed E-state index contributed by atoms with van der Waals surface area (Å²) in [6, 6.07) is 5.56. The first-order chi connectivity index (χ1) is 7.63. The second-order valence-corrected chi connectivity index (χ2v) is 4.16. The van der Waals surface area contributed by atoms with Gasteiger partial charge in [-0.15, -0.1) is 0 Å². The molecule has 0 unspecified atom stereocenters. The van der Waals surface area contributed by atoms with Gasteiger partial charge in [0.1, 0.15) is 0 Å². The number of anilines is 1. The number of halogens is 1. The van der Waals surface area contributed by atoms with Gasteiger partial charge in [-0.2, -0.15) is 0 Å². The van der Waals surface area contributed by atoms with E-state index in [9.17, 15) is 4.79 Å². The molecule has 1 amide bonds. The molecule has 0 bridgehead atoms. The van der Waals surface area contributed by atoms with Crippen LogP contribution in [0.25, 0.3) is 0 Å². The molecule has 1 aromatic carbocycles. The molecule has 1 rings (SSSR count). The molecule has 0 aliphatic rings. The Hall–Kier alpha value is -1.06. The molecule has 0 radical (unpaired) electrons. The molecule has 0 aromatic heterocycles. The number of unbranched alkanes of at least 4 members (excludes halogenated alkanes) is 1. The molecule has 0 aliphatic carbocycles. The number of benzene rings is 1. The molecule has 0 saturated carbocycles. The molecule has 16 heavy (non-hydrogen) atoms. The van der Waals surface area contributed by atoms with Crippen molar-refractivity contribution in [2.75, 3.05) is 11.9 Å².